The molecule has 1 rings (SSSR count). The molecule has 0 aromatic rings. The van der Waals surface area contributed by atoms with Crippen molar-refractivity contribution in [1.82, 2.24) is 4.90 Å². The number of rotatable bonds is 3. The molecule has 1 atom stereocenters. The molecule has 1 heterocycles. The third-order valence-corrected chi connectivity index (χ3v) is 1.90. The minimum atomic E-state index is 0.672. The van der Waals surface area contributed by atoms with Crippen LogP contribution in [-0.4, -0.2) is 24.5 Å². The number of nitrogens with zero attached hydrogens (tertiary/aromatic N) is 1. The highest BCUT2D eigenvalue weighted by Gasteiger charge is 2.14. The number of hydrogen-bond donors (Lipinski definition) is 0. The van der Waals surface area contributed by atoms with Gasteiger partial charge in [0.1, 0.15) is 0 Å². The molecular weight excluding hydrogens is 110 g/mol. The average molecular weight is 125 g/mol. The van der Waals surface area contributed by atoms with E-state index in [-0.39, 0.29) is 0 Å². The van der Waals surface area contributed by atoms with Gasteiger partial charge in [0.15, 0.2) is 0 Å². The van der Waals surface area contributed by atoms with Crippen LogP contribution in [0.1, 0.15) is 13.3 Å². The Morgan fingerprint density at radius 1 is 1.67 bits per heavy atom. The SMILES string of the molecule is C=CC(C)CN1CCC1. The molecule has 52 valence electrons. The molecule has 0 aromatic carbocycles. The zero-order chi connectivity index (χ0) is 6.69. The highest BCUT2D eigenvalue weighted by atomic mass is 15.2. The Morgan fingerprint density at radius 2 is 2.33 bits per heavy atom. The molecule has 1 aliphatic heterocycles. The fraction of sp³-hybridized carbons (Fsp3) is 0.750. The summed E-state index contributed by atoms with van der Waals surface area (Å²) in [7, 11) is 0. The fourth-order valence-electron chi connectivity index (χ4n) is 1.05. The van der Waals surface area contributed by atoms with Crippen molar-refractivity contribution in [2.45, 2.75) is 13.3 Å². The first-order chi connectivity index (χ1) is 4.33. The van der Waals surface area contributed by atoms with E-state index in [1.807, 2.05) is 6.08 Å². The van der Waals surface area contributed by atoms with E-state index < -0.39 is 0 Å². The minimum Gasteiger partial charge on any atom is -0.303 e. The zero-order valence-corrected chi connectivity index (χ0v) is 6.14. The Hall–Kier alpha value is -0.300. The lowest BCUT2D eigenvalue weighted by molar-refractivity contribution is 0.167. The molecule has 0 saturated carbocycles. The maximum atomic E-state index is 3.75. The van der Waals surface area contributed by atoms with Gasteiger partial charge in [-0.15, -0.1) is 6.58 Å². The van der Waals surface area contributed by atoms with E-state index in [9.17, 15) is 0 Å². The van der Waals surface area contributed by atoms with Crippen LogP contribution in [0.4, 0.5) is 0 Å². The fourth-order valence-corrected chi connectivity index (χ4v) is 1.05. The molecule has 1 unspecified atom stereocenters. The largest absolute Gasteiger partial charge is 0.303 e. The quantitative estimate of drug-likeness (QED) is 0.517. The van der Waals surface area contributed by atoms with E-state index in [1.165, 1.54) is 26.1 Å². The molecule has 0 bridgehead atoms. The van der Waals surface area contributed by atoms with Crippen LogP contribution < -0.4 is 0 Å². The van der Waals surface area contributed by atoms with Crippen LogP contribution in [0.15, 0.2) is 12.7 Å². The van der Waals surface area contributed by atoms with Crippen molar-refractivity contribution in [2.24, 2.45) is 5.92 Å². The van der Waals surface area contributed by atoms with Gasteiger partial charge in [-0.2, -0.15) is 0 Å². The zero-order valence-electron chi connectivity index (χ0n) is 6.14. The van der Waals surface area contributed by atoms with Gasteiger partial charge < -0.3 is 4.90 Å². The van der Waals surface area contributed by atoms with E-state index in [0.29, 0.717) is 5.92 Å². The second-order valence-corrected chi connectivity index (χ2v) is 2.87. The van der Waals surface area contributed by atoms with Gasteiger partial charge in [0, 0.05) is 6.54 Å². The summed E-state index contributed by atoms with van der Waals surface area (Å²) in [6.07, 6.45) is 3.42. The van der Waals surface area contributed by atoms with Crippen molar-refractivity contribution in [2.75, 3.05) is 19.6 Å². The molecule has 0 aromatic heterocycles. The van der Waals surface area contributed by atoms with Crippen LogP contribution in [-0.2, 0) is 0 Å². The Kier molecular flexibility index (Phi) is 2.29. The first-order valence-electron chi connectivity index (χ1n) is 3.68. The Labute approximate surface area is 57.4 Å². The maximum absolute atomic E-state index is 3.75. The van der Waals surface area contributed by atoms with Crippen molar-refractivity contribution >= 4 is 0 Å². The normalized spacial score (nSPS) is 22.8. The van der Waals surface area contributed by atoms with Crippen LogP contribution >= 0.6 is 0 Å². The van der Waals surface area contributed by atoms with Crippen molar-refractivity contribution in [3.8, 4) is 0 Å². The van der Waals surface area contributed by atoms with E-state index >= 15 is 0 Å². The molecule has 1 nitrogen and oxygen atoms in total. The van der Waals surface area contributed by atoms with Crippen LogP contribution in [0.2, 0.25) is 0 Å². The molecule has 0 radical (unpaired) electrons. The molecule has 9 heavy (non-hydrogen) atoms. The summed E-state index contributed by atoms with van der Waals surface area (Å²) in [5.74, 6) is 0.672. The maximum Gasteiger partial charge on any atom is 0.00416 e. The predicted molar refractivity (Wildman–Crippen MR) is 40.4 cm³/mol. The van der Waals surface area contributed by atoms with Crippen LogP contribution in [0.25, 0.3) is 0 Å². The Bertz CT molecular complexity index is 94.7. The van der Waals surface area contributed by atoms with Gasteiger partial charge in [-0.3, -0.25) is 0 Å². The summed E-state index contributed by atoms with van der Waals surface area (Å²) in [5.41, 5.74) is 0. The average Bonchev–Trinajstić information content (AvgIpc) is 1.78. The van der Waals surface area contributed by atoms with Crippen molar-refractivity contribution < 1.29 is 0 Å². The lowest BCUT2D eigenvalue weighted by atomic mass is 10.1. The molecule has 1 heteroatoms. The second-order valence-electron chi connectivity index (χ2n) is 2.87. The highest BCUT2D eigenvalue weighted by Crippen LogP contribution is 2.09. The molecule has 1 saturated heterocycles. The first kappa shape index (κ1) is 6.81. The molecule has 0 spiro atoms. The number of hydrogen-bond acceptors (Lipinski definition) is 1. The minimum absolute atomic E-state index is 0.672. The van der Waals surface area contributed by atoms with Crippen molar-refractivity contribution in [3.63, 3.8) is 0 Å². The highest BCUT2D eigenvalue weighted by molar-refractivity contribution is 4.80. The van der Waals surface area contributed by atoms with Gasteiger partial charge in [-0.05, 0) is 25.4 Å². The first-order valence-corrected chi connectivity index (χ1v) is 3.68. The summed E-state index contributed by atoms with van der Waals surface area (Å²) in [5, 5.41) is 0. The standard InChI is InChI=1S/C8H15N/c1-3-8(2)7-9-5-4-6-9/h3,8H,1,4-7H2,2H3. The van der Waals surface area contributed by atoms with E-state index in [0.717, 1.165) is 0 Å². The van der Waals surface area contributed by atoms with Gasteiger partial charge in [-0.25, -0.2) is 0 Å². The monoisotopic (exact) mass is 125 g/mol. The van der Waals surface area contributed by atoms with Gasteiger partial charge in [-0.1, -0.05) is 13.0 Å². The lowest BCUT2D eigenvalue weighted by Crippen LogP contribution is -2.39. The van der Waals surface area contributed by atoms with Crippen molar-refractivity contribution in [1.29, 1.82) is 0 Å². The Balaban J connectivity index is 2.08. The van der Waals surface area contributed by atoms with Gasteiger partial charge in [0.25, 0.3) is 0 Å². The number of likely N-dealkylation sites (tertiary alicyclic amines) is 1. The molecule has 0 amide bonds. The van der Waals surface area contributed by atoms with Crippen LogP contribution in [0, 0.1) is 5.92 Å². The topological polar surface area (TPSA) is 3.24 Å². The van der Waals surface area contributed by atoms with Gasteiger partial charge >= 0.3 is 0 Å². The van der Waals surface area contributed by atoms with Crippen molar-refractivity contribution in [3.05, 3.63) is 12.7 Å². The van der Waals surface area contributed by atoms with Crippen LogP contribution in [0.3, 0.4) is 0 Å². The third-order valence-electron chi connectivity index (χ3n) is 1.90. The lowest BCUT2D eigenvalue weighted by Gasteiger charge is -2.32. The van der Waals surface area contributed by atoms with Crippen LogP contribution in [0.5, 0.6) is 0 Å². The van der Waals surface area contributed by atoms with Gasteiger partial charge in [0.2, 0.25) is 0 Å². The van der Waals surface area contributed by atoms with E-state index in [1.54, 1.807) is 0 Å². The third kappa shape index (κ3) is 1.83. The van der Waals surface area contributed by atoms with E-state index in [4.69, 9.17) is 0 Å². The molecule has 0 N–H and O–H groups in total. The predicted octanol–water partition coefficient (Wildman–Crippen LogP) is 1.51. The summed E-state index contributed by atoms with van der Waals surface area (Å²) in [6, 6.07) is 0. The summed E-state index contributed by atoms with van der Waals surface area (Å²) in [4.78, 5) is 2.46. The molecule has 1 aliphatic rings. The molecular formula is C8H15N. The van der Waals surface area contributed by atoms with Gasteiger partial charge in [0.05, 0.1) is 0 Å². The van der Waals surface area contributed by atoms with E-state index in [2.05, 4.69) is 18.4 Å². The molecule has 0 aliphatic carbocycles. The summed E-state index contributed by atoms with van der Waals surface area (Å²) < 4.78 is 0. The Morgan fingerprint density at radius 3 is 2.67 bits per heavy atom. The summed E-state index contributed by atoms with van der Waals surface area (Å²) >= 11 is 0. The second kappa shape index (κ2) is 3.02. The molecule has 1 fully saturated rings. The smallest absolute Gasteiger partial charge is 0.00416 e. The summed E-state index contributed by atoms with van der Waals surface area (Å²) in [6.45, 7) is 9.78.